The van der Waals surface area contributed by atoms with Crippen LogP contribution < -0.4 is 0 Å². The smallest absolute Gasteiger partial charge is 0.0632 e. The molecular weight excluding hydrogens is 132 g/mol. The Bertz CT molecular complexity index is 186. The van der Waals surface area contributed by atoms with Gasteiger partial charge in [0.25, 0.3) is 0 Å². The predicted octanol–water partition coefficient (Wildman–Crippen LogP) is 1.02. The van der Waals surface area contributed by atoms with Crippen molar-refractivity contribution in [2.45, 2.75) is 6.42 Å². The van der Waals surface area contributed by atoms with Crippen LogP contribution in [0.2, 0.25) is 0 Å². The summed E-state index contributed by atoms with van der Waals surface area (Å²) in [5, 5.41) is 1.64. The fraction of sp³-hybridized carbons (Fsp3) is 0.167. The Labute approximate surface area is 59.0 Å². The summed E-state index contributed by atoms with van der Waals surface area (Å²) in [4.78, 5) is 7.88. The molecule has 1 aromatic heterocycles. The minimum Gasteiger partial charge on any atom is -0.261 e. The molecule has 0 N–H and O–H groups in total. The van der Waals surface area contributed by atoms with Gasteiger partial charge in [0.1, 0.15) is 0 Å². The molecule has 0 bridgehead atoms. The molecule has 0 fully saturated rings. The number of hydrogen-bond donors (Lipinski definition) is 0. The van der Waals surface area contributed by atoms with Gasteiger partial charge in [-0.3, -0.25) is 9.97 Å². The first-order valence-electron chi connectivity index (χ1n) is 2.62. The van der Waals surface area contributed by atoms with E-state index in [0.29, 0.717) is 0 Å². The number of thiocarbonyl (C=S) groups is 1. The highest BCUT2D eigenvalue weighted by molar-refractivity contribution is 7.78. The summed E-state index contributed by atoms with van der Waals surface area (Å²) in [5.74, 6) is 0. The van der Waals surface area contributed by atoms with Gasteiger partial charge in [0.05, 0.1) is 5.69 Å². The average Bonchev–Trinajstić information content (AvgIpc) is 1.91. The molecule has 0 spiro atoms. The third kappa shape index (κ3) is 1.85. The minimum absolute atomic E-state index is 0.725. The van der Waals surface area contributed by atoms with Gasteiger partial charge in [0, 0.05) is 25.0 Å². The van der Waals surface area contributed by atoms with Gasteiger partial charge >= 0.3 is 0 Å². The van der Waals surface area contributed by atoms with Crippen LogP contribution in [0.3, 0.4) is 0 Å². The number of hydrogen-bond acceptors (Lipinski definition) is 3. The van der Waals surface area contributed by atoms with Gasteiger partial charge in [0.15, 0.2) is 0 Å². The number of rotatable bonds is 2. The topological polar surface area (TPSA) is 25.8 Å². The molecule has 0 aliphatic heterocycles. The SMILES string of the molecule is S=CCc1cnccn1. The van der Waals surface area contributed by atoms with Gasteiger partial charge in [-0.2, -0.15) is 0 Å². The second-order valence-electron chi connectivity index (χ2n) is 1.57. The molecule has 3 heteroatoms. The van der Waals surface area contributed by atoms with Crippen LogP contribution in [0.15, 0.2) is 18.6 Å². The quantitative estimate of drug-likeness (QED) is 0.570. The van der Waals surface area contributed by atoms with E-state index in [-0.39, 0.29) is 0 Å². The van der Waals surface area contributed by atoms with Gasteiger partial charge in [-0.05, 0) is 5.37 Å². The highest BCUT2D eigenvalue weighted by Gasteiger charge is 1.85. The van der Waals surface area contributed by atoms with Gasteiger partial charge in [-0.15, -0.1) is 0 Å². The molecule has 0 amide bonds. The Morgan fingerprint density at radius 3 is 3.00 bits per heavy atom. The lowest BCUT2D eigenvalue weighted by Crippen LogP contribution is -1.88. The van der Waals surface area contributed by atoms with Crippen LogP contribution in [-0.4, -0.2) is 15.3 Å². The molecule has 9 heavy (non-hydrogen) atoms. The van der Waals surface area contributed by atoms with Crippen molar-refractivity contribution in [1.29, 1.82) is 0 Å². The molecule has 0 aliphatic rings. The van der Waals surface area contributed by atoms with Crippen LogP contribution in [0.5, 0.6) is 0 Å². The van der Waals surface area contributed by atoms with Crippen molar-refractivity contribution in [2.24, 2.45) is 0 Å². The molecule has 2 nitrogen and oxygen atoms in total. The maximum atomic E-state index is 4.64. The maximum absolute atomic E-state index is 4.64. The lowest BCUT2D eigenvalue weighted by atomic mass is 10.4. The molecule has 46 valence electrons. The molecular formula is C6H6N2S. The van der Waals surface area contributed by atoms with E-state index in [1.807, 2.05) is 0 Å². The fourth-order valence-electron chi connectivity index (χ4n) is 0.521. The maximum Gasteiger partial charge on any atom is 0.0632 e. The monoisotopic (exact) mass is 138 g/mol. The Balaban J connectivity index is 2.72. The summed E-state index contributed by atoms with van der Waals surface area (Å²) < 4.78 is 0. The van der Waals surface area contributed by atoms with E-state index in [9.17, 15) is 0 Å². The Hall–Kier alpha value is -0.830. The molecule has 1 aromatic rings. The molecule has 0 aliphatic carbocycles. The molecule has 0 saturated heterocycles. The van der Waals surface area contributed by atoms with Crippen molar-refractivity contribution in [2.75, 3.05) is 0 Å². The number of aromatic nitrogens is 2. The fourth-order valence-corrected chi connectivity index (χ4v) is 0.692. The second kappa shape index (κ2) is 3.25. The van der Waals surface area contributed by atoms with Crippen LogP contribution in [0.1, 0.15) is 5.69 Å². The summed E-state index contributed by atoms with van der Waals surface area (Å²) in [6, 6.07) is 0. The van der Waals surface area contributed by atoms with Crippen LogP contribution >= 0.6 is 12.2 Å². The first-order valence-corrected chi connectivity index (χ1v) is 3.09. The van der Waals surface area contributed by atoms with Crippen LogP contribution in [-0.2, 0) is 6.42 Å². The molecule has 0 saturated carbocycles. The highest BCUT2D eigenvalue weighted by atomic mass is 32.1. The van der Waals surface area contributed by atoms with Crippen molar-refractivity contribution in [1.82, 2.24) is 9.97 Å². The van der Waals surface area contributed by atoms with E-state index in [2.05, 4.69) is 22.2 Å². The Morgan fingerprint density at radius 2 is 2.44 bits per heavy atom. The summed E-state index contributed by atoms with van der Waals surface area (Å²) in [7, 11) is 0. The third-order valence-electron chi connectivity index (χ3n) is 0.909. The first kappa shape index (κ1) is 6.29. The zero-order valence-corrected chi connectivity index (χ0v) is 5.64. The predicted molar refractivity (Wildman–Crippen MR) is 39.4 cm³/mol. The largest absolute Gasteiger partial charge is 0.261 e. The molecule has 1 heterocycles. The van der Waals surface area contributed by atoms with E-state index in [0.717, 1.165) is 12.1 Å². The summed E-state index contributed by atoms with van der Waals surface area (Å²) in [5.41, 5.74) is 0.924. The van der Waals surface area contributed by atoms with Gasteiger partial charge in [-0.1, -0.05) is 12.2 Å². The Morgan fingerprint density at radius 1 is 1.56 bits per heavy atom. The van der Waals surface area contributed by atoms with E-state index < -0.39 is 0 Å². The summed E-state index contributed by atoms with van der Waals surface area (Å²) in [6.45, 7) is 0. The van der Waals surface area contributed by atoms with Crippen LogP contribution in [0.4, 0.5) is 0 Å². The first-order chi connectivity index (χ1) is 4.43. The zero-order chi connectivity index (χ0) is 6.53. The molecule has 0 atom stereocenters. The summed E-state index contributed by atoms with van der Waals surface area (Å²) >= 11 is 4.64. The van der Waals surface area contributed by atoms with Gasteiger partial charge in [-0.25, -0.2) is 0 Å². The van der Waals surface area contributed by atoms with Crippen molar-refractivity contribution >= 4 is 17.6 Å². The number of nitrogens with zero attached hydrogens (tertiary/aromatic N) is 2. The van der Waals surface area contributed by atoms with Crippen LogP contribution in [0, 0.1) is 0 Å². The molecule has 0 unspecified atom stereocenters. The molecule has 0 aromatic carbocycles. The third-order valence-corrected chi connectivity index (χ3v) is 1.08. The second-order valence-corrected chi connectivity index (χ2v) is 1.90. The van der Waals surface area contributed by atoms with Crippen molar-refractivity contribution in [3.05, 3.63) is 24.3 Å². The van der Waals surface area contributed by atoms with Gasteiger partial charge < -0.3 is 0 Å². The highest BCUT2D eigenvalue weighted by Crippen LogP contribution is 1.87. The lowest BCUT2D eigenvalue weighted by molar-refractivity contribution is 1.09. The zero-order valence-electron chi connectivity index (χ0n) is 4.82. The standard InChI is InChI=1S/C6H6N2S/c9-4-1-6-5-7-2-3-8-6/h2-5H,1H2. The van der Waals surface area contributed by atoms with Crippen LogP contribution in [0.25, 0.3) is 0 Å². The van der Waals surface area contributed by atoms with E-state index >= 15 is 0 Å². The minimum atomic E-state index is 0.725. The normalized spacial score (nSPS) is 8.89. The molecule has 0 radical (unpaired) electrons. The van der Waals surface area contributed by atoms with Gasteiger partial charge in [0.2, 0.25) is 0 Å². The van der Waals surface area contributed by atoms with Crippen molar-refractivity contribution in [3.8, 4) is 0 Å². The Kier molecular flexibility index (Phi) is 2.27. The summed E-state index contributed by atoms with van der Waals surface area (Å²) in [6.07, 6.45) is 5.74. The van der Waals surface area contributed by atoms with Crippen molar-refractivity contribution < 1.29 is 0 Å². The average molecular weight is 138 g/mol. The van der Waals surface area contributed by atoms with E-state index in [1.165, 1.54) is 0 Å². The van der Waals surface area contributed by atoms with E-state index in [1.54, 1.807) is 24.0 Å². The lowest BCUT2D eigenvalue weighted by Gasteiger charge is -1.88. The van der Waals surface area contributed by atoms with Crippen molar-refractivity contribution in [3.63, 3.8) is 0 Å². The molecule has 1 rings (SSSR count). The van der Waals surface area contributed by atoms with E-state index in [4.69, 9.17) is 0 Å².